The van der Waals surface area contributed by atoms with Crippen molar-refractivity contribution >= 4 is 5.69 Å². The third kappa shape index (κ3) is 4.63. The monoisotopic (exact) mass is 302 g/mol. The van der Waals surface area contributed by atoms with Gasteiger partial charge in [0.05, 0.1) is 5.56 Å². The highest BCUT2D eigenvalue weighted by Gasteiger charge is 2.35. The topological polar surface area (TPSA) is 15.3 Å². The molecule has 5 heteroatoms. The molecule has 0 amide bonds. The summed E-state index contributed by atoms with van der Waals surface area (Å²) in [5.74, 6) is 0.0955. The number of benzene rings is 1. The first-order chi connectivity index (χ1) is 9.89. The minimum atomic E-state index is -4.30. The van der Waals surface area contributed by atoms with Gasteiger partial charge in [-0.05, 0) is 23.6 Å². The molecule has 1 aromatic rings. The van der Waals surface area contributed by atoms with Crippen LogP contribution in [0, 0.1) is 0 Å². The highest BCUT2D eigenvalue weighted by atomic mass is 19.4. The minimum Gasteiger partial charge on any atom is -0.368 e. The Bertz CT molecular complexity index is 436. The Morgan fingerprint density at radius 3 is 2.14 bits per heavy atom. The van der Waals surface area contributed by atoms with Crippen molar-refractivity contribution in [3.8, 4) is 0 Å². The van der Waals surface area contributed by atoms with Crippen LogP contribution in [0.3, 0.4) is 0 Å². The van der Waals surface area contributed by atoms with Gasteiger partial charge in [-0.3, -0.25) is 0 Å². The summed E-state index contributed by atoms with van der Waals surface area (Å²) in [4.78, 5) is 1.81. The van der Waals surface area contributed by atoms with Crippen LogP contribution in [0.1, 0.15) is 44.7 Å². The van der Waals surface area contributed by atoms with Crippen molar-refractivity contribution in [3.05, 3.63) is 29.3 Å². The van der Waals surface area contributed by atoms with Crippen LogP contribution in [0.25, 0.3) is 0 Å². The van der Waals surface area contributed by atoms with Gasteiger partial charge in [0.25, 0.3) is 0 Å². The number of halogens is 3. The second-order valence-electron chi connectivity index (χ2n) is 5.17. The summed E-state index contributed by atoms with van der Waals surface area (Å²) in [6, 6.07) is 4.71. The molecule has 120 valence electrons. The van der Waals surface area contributed by atoms with Crippen molar-refractivity contribution < 1.29 is 13.2 Å². The van der Waals surface area contributed by atoms with E-state index in [-0.39, 0.29) is 5.92 Å². The van der Waals surface area contributed by atoms with Crippen LogP contribution in [0.2, 0.25) is 0 Å². The number of rotatable bonds is 2. The van der Waals surface area contributed by atoms with Gasteiger partial charge < -0.3 is 10.2 Å². The lowest BCUT2D eigenvalue weighted by atomic mass is 9.98. The van der Waals surface area contributed by atoms with E-state index >= 15 is 0 Å². The van der Waals surface area contributed by atoms with Gasteiger partial charge in [-0.25, -0.2) is 0 Å². The van der Waals surface area contributed by atoms with Crippen molar-refractivity contribution in [2.24, 2.45) is 0 Å². The van der Waals surface area contributed by atoms with Gasteiger partial charge in [0.15, 0.2) is 0 Å². The largest absolute Gasteiger partial charge is 0.418 e. The summed E-state index contributed by atoms with van der Waals surface area (Å²) in [7, 11) is 0. The molecule has 1 aromatic carbocycles. The average molecular weight is 302 g/mol. The maximum atomic E-state index is 13.2. The Labute approximate surface area is 125 Å². The van der Waals surface area contributed by atoms with Gasteiger partial charge in [-0.2, -0.15) is 13.2 Å². The number of hydrogen-bond acceptors (Lipinski definition) is 2. The van der Waals surface area contributed by atoms with E-state index in [0.29, 0.717) is 18.8 Å². The summed E-state index contributed by atoms with van der Waals surface area (Å²) in [6.07, 6.45) is -4.30. The Kier molecular flexibility index (Phi) is 6.52. The molecule has 0 aliphatic carbocycles. The van der Waals surface area contributed by atoms with Crippen molar-refractivity contribution in [2.75, 3.05) is 31.1 Å². The van der Waals surface area contributed by atoms with Crippen LogP contribution < -0.4 is 10.2 Å². The molecule has 0 atom stereocenters. The zero-order valence-electron chi connectivity index (χ0n) is 13.2. The Hall–Kier alpha value is -1.23. The fraction of sp³-hybridized carbons (Fsp3) is 0.625. The SMILES string of the molecule is CC.CC(C)c1ccc(N2CCNCC2)c(C(F)(F)F)c1. The molecule has 0 spiro atoms. The predicted octanol–water partition coefficient (Wildman–Crippen LogP) is 4.26. The van der Waals surface area contributed by atoms with Crippen LogP contribution in [0.15, 0.2) is 18.2 Å². The van der Waals surface area contributed by atoms with E-state index < -0.39 is 11.7 Å². The van der Waals surface area contributed by atoms with Gasteiger partial charge in [0.1, 0.15) is 0 Å². The molecule has 1 aliphatic rings. The van der Waals surface area contributed by atoms with Gasteiger partial charge in [-0.15, -0.1) is 0 Å². The van der Waals surface area contributed by atoms with Crippen LogP contribution in [0.5, 0.6) is 0 Å². The average Bonchev–Trinajstić information content (AvgIpc) is 2.48. The van der Waals surface area contributed by atoms with Crippen molar-refractivity contribution in [1.82, 2.24) is 5.32 Å². The highest BCUT2D eigenvalue weighted by Crippen LogP contribution is 2.38. The number of alkyl halides is 3. The molecule has 2 rings (SSSR count). The zero-order chi connectivity index (χ0) is 16.0. The summed E-state index contributed by atoms with van der Waals surface area (Å²) in [5, 5.41) is 3.15. The van der Waals surface area contributed by atoms with Crippen molar-refractivity contribution in [2.45, 2.75) is 39.8 Å². The molecule has 2 nitrogen and oxygen atoms in total. The van der Waals surface area contributed by atoms with E-state index in [2.05, 4.69) is 5.32 Å². The second kappa shape index (κ2) is 7.69. The summed E-state index contributed by atoms with van der Waals surface area (Å²) >= 11 is 0. The van der Waals surface area contributed by atoms with Gasteiger partial charge in [0.2, 0.25) is 0 Å². The summed E-state index contributed by atoms with van der Waals surface area (Å²) < 4.78 is 39.6. The molecular formula is C16H25F3N2. The normalized spacial score (nSPS) is 15.7. The quantitative estimate of drug-likeness (QED) is 0.878. The first-order valence-electron chi connectivity index (χ1n) is 7.56. The fourth-order valence-corrected chi connectivity index (χ4v) is 2.32. The third-order valence-electron chi connectivity index (χ3n) is 3.45. The molecular weight excluding hydrogens is 277 g/mol. The molecule has 0 bridgehead atoms. The van der Waals surface area contributed by atoms with E-state index in [1.807, 2.05) is 32.6 Å². The Balaban J connectivity index is 0.00000106. The first kappa shape index (κ1) is 17.8. The van der Waals surface area contributed by atoms with Gasteiger partial charge in [-0.1, -0.05) is 33.8 Å². The molecule has 0 radical (unpaired) electrons. The van der Waals surface area contributed by atoms with E-state index in [0.717, 1.165) is 18.7 Å². The van der Waals surface area contributed by atoms with Crippen LogP contribution in [0.4, 0.5) is 18.9 Å². The lowest BCUT2D eigenvalue weighted by Gasteiger charge is -2.32. The summed E-state index contributed by atoms with van der Waals surface area (Å²) in [5.41, 5.74) is 0.519. The standard InChI is InChI=1S/C14H19F3N2.C2H6/c1-10(2)11-3-4-13(12(9-11)14(15,16)17)19-7-5-18-6-8-19;1-2/h3-4,9-10,18H,5-8H2,1-2H3;1-2H3. The van der Waals surface area contributed by atoms with E-state index in [9.17, 15) is 13.2 Å². The maximum Gasteiger partial charge on any atom is 0.418 e. The van der Waals surface area contributed by atoms with Crippen LogP contribution in [-0.2, 0) is 6.18 Å². The number of nitrogens with zero attached hydrogens (tertiary/aromatic N) is 1. The number of nitrogens with one attached hydrogen (secondary N) is 1. The van der Waals surface area contributed by atoms with E-state index in [1.165, 1.54) is 6.07 Å². The maximum absolute atomic E-state index is 13.2. The van der Waals surface area contributed by atoms with Gasteiger partial charge in [0, 0.05) is 31.9 Å². The number of piperazine rings is 1. The third-order valence-corrected chi connectivity index (χ3v) is 3.45. The molecule has 21 heavy (non-hydrogen) atoms. The van der Waals surface area contributed by atoms with Gasteiger partial charge >= 0.3 is 6.18 Å². The predicted molar refractivity (Wildman–Crippen MR) is 82.0 cm³/mol. The molecule has 0 aromatic heterocycles. The second-order valence-corrected chi connectivity index (χ2v) is 5.17. The van der Waals surface area contributed by atoms with E-state index in [1.54, 1.807) is 12.1 Å². The number of anilines is 1. The lowest BCUT2D eigenvalue weighted by molar-refractivity contribution is -0.137. The molecule has 1 aliphatic heterocycles. The van der Waals surface area contributed by atoms with Crippen molar-refractivity contribution in [1.29, 1.82) is 0 Å². The lowest BCUT2D eigenvalue weighted by Crippen LogP contribution is -2.44. The molecule has 1 heterocycles. The van der Waals surface area contributed by atoms with Crippen LogP contribution >= 0.6 is 0 Å². The fourth-order valence-electron chi connectivity index (χ4n) is 2.32. The zero-order valence-corrected chi connectivity index (χ0v) is 13.2. The molecule has 0 saturated carbocycles. The molecule has 1 saturated heterocycles. The highest BCUT2D eigenvalue weighted by molar-refractivity contribution is 5.57. The molecule has 1 N–H and O–H groups in total. The Morgan fingerprint density at radius 2 is 1.67 bits per heavy atom. The van der Waals surface area contributed by atoms with E-state index in [4.69, 9.17) is 0 Å². The summed E-state index contributed by atoms with van der Waals surface area (Å²) in [6.45, 7) is 10.5. The molecule has 0 unspecified atom stereocenters. The minimum absolute atomic E-state index is 0.0955. The Morgan fingerprint density at radius 1 is 1.10 bits per heavy atom. The number of hydrogen-bond donors (Lipinski definition) is 1. The first-order valence-corrected chi connectivity index (χ1v) is 7.56. The smallest absolute Gasteiger partial charge is 0.368 e. The molecule has 1 fully saturated rings. The van der Waals surface area contributed by atoms with Crippen molar-refractivity contribution in [3.63, 3.8) is 0 Å². The van der Waals surface area contributed by atoms with Crippen LogP contribution in [-0.4, -0.2) is 26.2 Å².